The molecule has 14 heavy (non-hydrogen) atoms. The quantitative estimate of drug-likeness (QED) is 0.293. The van der Waals surface area contributed by atoms with E-state index in [0.717, 1.165) is 0 Å². The lowest BCUT2D eigenvalue weighted by molar-refractivity contribution is 0.450. The molecule has 0 aliphatic carbocycles. The maximum Gasteiger partial charge on any atom is 0.177 e. The summed E-state index contributed by atoms with van der Waals surface area (Å²) < 4.78 is 50.9. The molecule has 0 bridgehead atoms. The smallest absolute Gasteiger partial charge is 0.177 e. The zero-order valence-electron chi connectivity index (χ0n) is 6.67. The Balaban J connectivity index is 3.39. The minimum atomic E-state index is -1.47. The molecule has 1 aromatic carbocycles. The SMILES string of the molecule is Fc1cc(F)c(F)c(C#CCBr)c1F. The molecule has 0 nitrogen and oxygen atoms in total. The Bertz CT molecular complexity index is 391. The van der Waals surface area contributed by atoms with Gasteiger partial charge in [-0.05, 0) is 0 Å². The standard InChI is InChI=1S/C9H3BrF4/c10-3-1-2-5-8(13)6(11)4-7(12)9(5)14/h4H,3H2. The molecule has 1 aromatic rings. The first-order chi connectivity index (χ1) is 6.57. The number of hydrogen-bond acceptors (Lipinski definition) is 0. The van der Waals surface area contributed by atoms with Crippen molar-refractivity contribution >= 4 is 15.9 Å². The third kappa shape index (κ3) is 2.07. The van der Waals surface area contributed by atoms with Crippen molar-refractivity contribution in [1.82, 2.24) is 0 Å². The van der Waals surface area contributed by atoms with Crippen molar-refractivity contribution in [3.05, 3.63) is 34.9 Å². The number of hydrogen-bond donors (Lipinski definition) is 0. The molecule has 5 heteroatoms. The fraction of sp³-hybridized carbons (Fsp3) is 0.111. The van der Waals surface area contributed by atoms with Crippen LogP contribution >= 0.6 is 15.9 Å². The lowest BCUT2D eigenvalue weighted by Crippen LogP contribution is -1.98. The lowest BCUT2D eigenvalue weighted by atomic mass is 10.2. The van der Waals surface area contributed by atoms with E-state index in [2.05, 4.69) is 21.9 Å². The number of rotatable bonds is 0. The van der Waals surface area contributed by atoms with Gasteiger partial charge in [0, 0.05) is 6.07 Å². The van der Waals surface area contributed by atoms with Crippen molar-refractivity contribution in [2.45, 2.75) is 0 Å². The molecule has 0 radical (unpaired) electrons. The van der Waals surface area contributed by atoms with Crippen LogP contribution in [-0.4, -0.2) is 5.33 Å². The number of halogens is 5. The Morgan fingerprint density at radius 2 is 1.57 bits per heavy atom. The van der Waals surface area contributed by atoms with E-state index >= 15 is 0 Å². The second-order valence-electron chi connectivity index (χ2n) is 2.28. The zero-order valence-corrected chi connectivity index (χ0v) is 8.26. The van der Waals surface area contributed by atoms with Crippen molar-refractivity contribution < 1.29 is 17.6 Å². The molecule has 0 fully saturated rings. The fourth-order valence-electron chi connectivity index (χ4n) is 0.805. The molecule has 0 aliphatic heterocycles. The van der Waals surface area contributed by atoms with Gasteiger partial charge in [-0.1, -0.05) is 27.8 Å². The van der Waals surface area contributed by atoms with E-state index in [1.165, 1.54) is 0 Å². The van der Waals surface area contributed by atoms with Crippen LogP contribution in [0.5, 0.6) is 0 Å². The Morgan fingerprint density at radius 3 is 2.00 bits per heavy atom. The molecule has 0 spiro atoms. The molecule has 1 rings (SSSR count). The van der Waals surface area contributed by atoms with Crippen molar-refractivity contribution in [3.8, 4) is 11.8 Å². The van der Waals surface area contributed by atoms with Crippen molar-refractivity contribution in [2.24, 2.45) is 0 Å². The molecule has 0 aromatic heterocycles. The Morgan fingerprint density at radius 1 is 1.07 bits per heavy atom. The first-order valence-electron chi connectivity index (χ1n) is 3.45. The first kappa shape index (κ1) is 11.1. The third-order valence-electron chi connectivity index (χ3n) is 1.39. The average molecular weight is 267 g/mol. The molecular weight excluding hydrogens is 264 g/mol. The highest BCUT2D eigenvalue weighted by Gasteiger charge is 2.17. The predicted molar refractivity (Wildman–Crippen MR) is 46.9 cm³/mol. The summed E-state index contributed by atoms with van der Waals surface area (Å²) in [5.41, 5.74) is -0.887. The highest BCUT2D eigenvalue weighted by atomic mass is 79.9. The molecule has 0 aliphatic rings. The predicted octanol–water partition coefficient (Wildman–Crippen LogP) is 2.99. The van der Waals surface area contributed by atoms with Gasteiger partial charge < -0.3 is 0 Å². The maximum absolute atomic E-state index is 12.9. The maximum atomic E-state index is 12.9. The summed E-state index contributed by atoms with van der Waals surface area (Å²) in [5, 5.41) is 0.157. The van der Waals surface area contributed by atoms with Gasteiger partial charge in [0.2, 0.25) is 0 Å². The van der Waals surface area contributed by atoms with Gasteiger partial charge in [-0.25, -0.2) is 17.6 Å². The molecule has 0 atom stereocenters. The molecule has 0 saturated carbocycles. The summed E-state index contributed by atoms with van der Waals surface area (Å²) in [6.45, 7) is 0. The zero-order chi connectivity index (χ0) is 10.7. The van der Waals surface area contributed by atoms with E-state index in [1.807, 2.05) is 5.92 Å². The van der Waals surface area contributed by atoms with Crippen LogP contribution < -0.4 is 0 Å². The van der Waals surface area contributed by atoms with Crippen LogP contribution in [0.2, 0.25) is 0 Å². The van der Waals surface area contributed by atoms with E-state index in [0.29, 0.717) is 0 Å². The Kier molecular flexibility index (Phi) is 3.53. The summed E-state index contributed by atoms with van der Waals surface area (Å²) in [7, 11) is 0. The topological polar surface area (TPSA) is 0 Å². The van der Waals surface area contributed by atoms with Crippen molar-refractivity contribution in [1.29, 1.82) is 0 Å². The van der Waals surface area contributed by atoms with E-state index in [-0.39, 0.29) is 11.4 Å². The van der Waals surface area contributed by atoms with Crippen LogP contribution in [-0.2, 0) is 0 Å². The summed E-state index contributed by atoms with van der Waals surface area (Å²) >= 11 is 2.89. The number of alkyl halides is 1. The molecule has 74 valence electrons. The van der Waals surface area contributed by atoms with E-state index < -0.39 is 28.8 Å². The van der Waals surface area contributed by atoms with Crippen LogP contribution in [0.1, 0.15) is 5.56 Å². The van der Waals surface area contributed by atoms with E-state index in [1.54, 1.807) is 0 Å². The van der Waals surface area contributed by atoms with Crippen LogP contribution in [0.15, 0.2) is 6.07 Å². The van der Waals surface area contributed by atoms with Crippen LogP contribution in [0.4, 0.5) is 17.6 Å². The minimum Gasteiger partial charge on any atom is -0.204 e. The van der Waals surface area contributed by atoms with Gasteiger partial charge in [0.25, 0.3) is 0 Å². The molecule has 0 saturated heterocycles. The highest BCUT2D eigenvalue weighted by Crippen LogP contribution is 2.17. The average Bonchev–Trinajstić information content (AvgIpc) is 2.15. The molecule has 0 N–H and O–H groups in total. The Hall–Kier alpha value is -1.02. The van der Waals surface area contributed by atoms with Gasteiger partial charge >= 0.3 is 0 Å². The van der Waals surface area contributed by atoms with Gasteiger partial charge in [-0.2, -0.15) is 0 Å². The van der Waals surface area contributed by atoms with Gasteiger partial charge in [0.15, 0.2) is 23.3 Å². The second kappa shape index (κ2) is 4.47. The first-order valence-corrected chi connectivity index (χ1v) is 4.58. The second-order valence-corrected chi connectivity index (χ2v) is 2.84. The Labute approximate surface area is 86.1 Å². The van der Waals surface area contributed by atoms with Gasteiger partial charge in [0.1, 0.15) is 5.56 Å². The lowest BCUT2D eigenvalue weighted by Gasteiger charge is -1.99. The molecular formula is C9H3BrF4. The molecule has 0 amide bonds. The summed E-state index contributed by atoms with van der Waals surface area (Å²) in [4.78, 5) is 0. The largest absolute Gasteiger partial charge is 0.204 e. The number of benzene rings is 1. The van der Waals surface area contributed by atoms with Gasteiger partial charge in [-0.3, -0.25) is 0 Å². The van der Waals surface area contributed by atoms with E-state index in [4.69, 9.17) is 0 Å². The van der Waals surface area contributed by atoms with Crippen LogP contribution in [0, 0.1) is 35.1 Å². The van der Waals surface area contributed by atoms with Gasteiger partial charge in [-0.15, -0.1) is 0 Å². The highest BCUT2D eigenvalue weighted by molar-refractivity contribution is 9.09. The van der Waals surface area contributed by atoms with Crippen LogP contribution in [0.3, 0.4) is 0 Å². The fourth-order valence-corrected chi connectivity index (χ4v) is 0.945. The minimum absolute atomic E-state index is 0.143. The molecule has 0 heterocycles. The van der Waals surface area contributed by atoms with Crippen LogP contribution in [0.25, 0.3) is 0 Å². The molecule has 0 unspecified atom stereocenters. The normalized spacial score (nSPS) is 9.50. The summed E-state index contributed by atoms with van der Waals surface area (Å²) in [6.07, 6.45) is 0. The van der Waals surface area contributed by atoms with E-state index in [9.17, 15) is 17.6 Å². The monoisotopic (exact) mass is 266 g/mol. The van der Waals surface area contributed by atoms with Crippen molar-refractivity contribution in [3.63, 3.8) is 0 Å². The third-order valence-corrected chi connectivity index (χ3v) is 1.67. The van der Waals surface area contributed by atoms with Crippen molar-refractivity contribution in [2.75, 3.05) is 5.33 Å². The summed E-state index contributed by atoms with van der Waals surface area (Å²) in [6, 6.07) is 0.143. The van der Waals surface area contributed by atoms with Gasteiger partial charge in [0.05, 0.1) is 5.33 Å². The summed E-state index contributed by atoms with van der Waals surface area (Å²) in [5.74, 6) is -1.62.